The third-order valence-corrected chi connectivity index (χ3v) is 3.39. The monoisotopic (exact) mass is 292 g/mol. The van der Waals surface area contributed by atoms with E-state index in [2.05, 4.69) is 11.6 Å². The number of hydrogen-bond donors (Lipinski definition) is 1. The number of para-hydroxylation sites is 1. The highest BCUT2D eigenvalue weighted by atomic mass is 16.3. The van der Waals surface area contributed by atoms with Gasteiger partial charge in [-0.15, -0.1) is 0 Å². The summed E-state index contributed by atoms with van der Waals surface area (Å²) in [5.41, 5.74) is 1.77. The van der Waals surface area contributed by atoms with Crippen LogP contribution in [-0.2, 0) is 11.2 Å². The van der Waals surface area contributed by atoms with Crippen LogP contribution in [0, 0.1) is 6.26 Å². The van der Waals surface area contributed by atoms with Crippen LogP contribution in [0.2, 0.25) is 0 Å². The van der Waals surface area contributed by atoms with Crippen molar-refractivity contribution < 1.29 is 9.21 Å². The summed E-state index contributed by atoms with van der Waals surface area (Å²) in [6.45, 7) is 0. The predicted molar refractivity (Wildman–Crippen MR) is 84.7 cm³/mol. The summed E-state index contributed by atoms with van der Waals surface area (Å²) in [6.07, 6.45) is 3.46. The Morgan fingerprint density at radius 3 is 2.73 bits per heavy atom. The largest absolute Gasteiger partial charge is 0.450 e. The molecular formula is C18H14NO3. The molecule has 1 radical (unpaired) electrons. The second-order valence-corrected chi connectivity index (χ2v) is 4.94. The number of nitrogens with one attached hydrogen (secondary N) is 1. The maximum absolute atomic E-state index is 12.1. The van der Waals surface area contributed by atoms with Crippen molar-refractivity contribution in [3.8, 4) is 0 Å². The summed E-state index contributed by atoms with van der Waals surface area (Å²) in [4.78, 5) is 23.8. The van der Waals surface area contributed by atoms with E-state index in [1.807, 2.05) is 30.3 Å². The molecule has 1 heterocycles. The summed E-state index contributed by atoms with van der Waals surface area (Å²) >= 11 is 0. The van der Waals surface area contributed by atoms with Gasteiger partial charge in [0.15, 0.2) is 17.3 Å². The number of fused-ring (bicyclic) bond motifs is 1. The van der Waals surface area contributed by atoms with Gasteiger partial charge in [0.1, 0.15) is 0 Å². The number of anilines is 1. The standard InChI is InChI=1S/C18H14NO3/c20-16-11-12-22-18-14(16)7-4-8-15(18)19-17(21)10-9-13-5-2-1-3-6-13/h1-8,11H,9-10H2,(H,19,21). The number of benzene rings is 2. The minimum Gasteiger partial charge on any atom is -0.450 e. The van der Waals surface area contributed by atoms with Crippen molar-refractivity contribution in [1.29, 1.82) is 0 Å². The van der Waals surface area contributed by atoms with Crippen molar-refractivity contribution >= 4 is 22.6 Å². The van der Waals surface area contributed by atoms with Gasteiger partial charge in [0.2, 0.25) is 5.91 Å². The Hall–Kier alpha value is -2.88. The smallest absolute Gasteiger partial charge is 0.224 e. The molecule has 1 N–H and O–H groups in total. The lowest BCUT2D eigenvalue weighted by Gasteiger charge is -2.07. The van der Waals surface area contributed by atoms with Crippen LogP contribution in [0.5, 0.6) is 0 Å². The zero-order chi connectivity index (χ0) is 15.4. The average molecular weight is 292 g/mol. The first-order valence-corrected chi connectivity index (χ1v) is 7.01. The van der Waals surface area contributed by atoms with Crippen molar-refractivity contribution in [3.63, 3.8) is 0 Å². The van der Waals surface area contributed by atoms with E-state index in [4.69, 9.17) is 4.42 Å². The van der Waals surface area contributed by atoms with E-state index in [9.17, 15) is 9.59 Å². The maximum atomic E-state index is 12.1. The first-order chi connectivity index (χ1) is 10.7. The molecule has 0 unspecified atom stereocenters. The molecule has 4 heteroatoms. The summed E-state index contributed by atoms with van der Waals surface area (Å²) in [6, 6.07) is 16.1. The molecule has 3 aromatic rings. The van der Waals surface area contributed by atoms with Crippen LogP contribution >= 0.6 is 0 Å². The van der Waals surface area contributed by atoms with Crippen molar-refractivity contribution in [2.45, 2.75) is 12.8 Å². The van der Waals surface area contributed by atoms with Gasteiger partial charge in [-0.2, -0.15) is 0 Å². The van der Waals surface area contributed by atoms with Crippen LogP contribution in [0.15, 0.2) is 63.8 Å². The SMILES string of the molecule is O=C(CCc1ccccc1)Nc1cccc2c(=O)c[c]oc12. The Balaban J connectivity index is 1.74. The minimum absolute atomic E-state index is 0.122. The van der Waals surface area contributed by atoms with Gasteiger partial charge in [-0.1, -0.05) is 36.4 Å². The molecule has 3 rings (SSSR count). The van der Waals surface area contributed by atoms with Gasteiger partial charge in [-0.3, -0.25) is 9.59 Å². The molecule has 0 saturated heterocycles. The van der Waals surface area contributed by atoms with Gasteiger partial charge in [0.05, 0.1) is 11.1 Å². The normalized spacial score (nSPS) is 10.5. The molecule has 0 spiro atoms. The first-order valence-electron chi connectivity index (χ1n) is 7.01. The van der Waals surface area contributed by atoms with E-state index in [-0.39, 0.29) is 11.3 Å². The zero-order valence-corrected chi connectivity index (χ0v) is 11.8. The lowest BCUT2D eigenvalue weighted by molar-refractivity contribution is -0.116. The Morgan fingerprint density at radius 1 is 1.09 bits per heavy atom. The number of rotatable bonds is 4. The van der Waals surface area contributed by atoms with E-state index >= 15 is 0 Å². The molecule has 0 aliphatic rings. The molecule has 22 heavy (non-hydrogen) atoms. The molecule has 0 aliphatic heterocycles. The lowest BCUT2D eigenvalue weighted by atomic mass is 10.1. The van der Waals surface area contributed by atoms with Crippen molar-refractivity contribution in [3.05, 3.63) is 76.6 Å². The van der Waals surface area contributed by atoms with E-state index in [0.29, 0.717) is 29.5 Å². The maximum Gasteiger partial charge on any atom is 0.224 e. The molecule has 0 atom stereocenters. The number of carbonyl (C=O) groups excluding carboxylic acids is 1. The molecule has 0 fully saturated rings. The van der Waals surface area contributed by atoms with E-state index in [0.717, 1.165) is 5.56 Å². The van der Waals surface area contributed by atoms with Gasteiger partial charge < -0.3 is 9.73 Å². The highest BCUT2D eigenvalue weighted by Gasteiger charge is 2.09. The van der Waals surface area contributed by atoms with Gasteiger partial charge in [0.25, 0.3) is 0 Å². The first kappa shape index (κ1) is 14.1. The second-order valence-electron chi connectivity index (χ2n) is 4.94. The molecule has 4 nitrogen and oxygen atoms in total. The summed E-state index contributed by atoms with van der Waals surface area (Å²) in [5.74, 6) is -0.122. The van der Waals surface area contributed by atoms with E-state index in [1.54, 1.807) is 18.2 Å². The topological polar surface area (TPSA) is 59.3 Å². The molecular weight excluding hydrogens is 278 g/mol. The fraction of sp³-hybridized carbons (Fsp3) is 0.111. The highest BCUT2D eigenvalue weighted by Crippen LogP contribution is 2.20. The van der Waals surface area contributed by atoms with Crippen LogP contribution in [0.1, 0.15) is 12.0 Å². The number of amides is 1. The van der Waals surface area contributed by atoms with Gasteiger partial charge >= 0.3 is 0 Å². The van der Waals surface area contributed by atoms with Crippen molar-refractivity contribution in [2.75, 3.05) is 5.32 Å². The fourth-order valence-corrected chi connectivity index (χ4v) is 2.27. The van der Waals surface area contributed by atoms with Crippen molar-refractivity contribution in [1.82, 2.24) is 0 Å². The Kier molecular flexibility index (Phi) is 4.01. The molecule has 109 valence electrons. The number of carbonyl (C=O) groups is 1. The van der Waals surface area contributed by atoms with Crippen LogP contribution in [0.3, 0.4) is 0 Å². The second kappa shape index (κ2) is 6.26. The average Bonchev–Trinajstić information content (AvgIpc) is 2.55. The number of hydrogen-bond acceptors (Lipinski definition) is 3. The third-order valence-electron chi connectivity index (χ3n) is 3.39. The van der Waals surface area contributed by atoms with Crippen LogP contribution in [-0.4, -0.2) is 5.91 Å². The van der Waals surface area contributed by atoms with Crippen molar-refractivity contribution in [2.24, 2.45) is 0 Å². The van der Waals surface area contributed by atoms with E-state index in [1.165, 1.54) is 6.07 Å². The lowest BCUT2D eigenvalue weighted by Crippen LogP contribution is -2.13. The van der Waals surface area contributed by atoms with E-state index < -0.39 is 0 Å². The quantitative estimate of drug-likeness (QED) is 0.803. The summed E-state index contributed by atoms with van der Waals surface area (Å²) in [5, 5.41) is 3.22. The summed E-state index contributed by atoms with van der Waals surface area (Å²) in [7, 11) is 0. The minimum atomic E-state index is -0.179. The van der Waals surface area contributed by atoms with Gasteiger partial charge in [-0.05, 0) is 24.1 Å². The molecule has 0 bridgehead atoms. The van der Waals surface area contributed by atoms with Crippen LogP contribution in [0.25, 0.3) is 11.0 Å². The molecule has 2 aromatic carbocycles. The zero-order valence-electron chi connectivity index (χ0n) is 11.8. The van der Waals surface area contributed by atoms with Crippen LogP contribution < -0.4 is 10.7 Å². The molecule has 1 amide bonds. The predicted octanol–water partition coefficient (Wildman–Crippen LogP) is 3.16. The summed E-state index contributed by atoms with van der Waals surface area (Å²) < 4.78 is 5.25. The Bertz CT molecular complexity index is 853. The molecule has 1 aromatic heterocycles. The molecule has 0 saturated carbocycles. The molecule has 0 aliphatic carbocycles. The fourth-order valence-electron chi connectivity index (χ4n) is 2.27. The number of aryl methyl sites for hydroxylation is 1. The Labute approximate surface area is 127 Å². The van der Waals surface area contributed by atoms with Crippen LogP contribution in [0.4, 0.5) is 5.69 Å². The third kappa shape index (κ3) is 3.06. The van der Waals surface area contributed by atoms with Gasteiger partial charge in [-0.25, -0.2) is 0 Å². The highest BCUT2D eigenvalue weighted by molar-refractivity contribution is 5.99. The van der Waals surface area contributed by atoms with Gasteiger partial charge in [0, 0.05) is 12.5 Å². The Morgan fingerprint density at radius 2 is 1.91 bits per heavy atom.